The summed E-state index contributed by atoms with van der Waals surface area (Å²) in [6.45, 7) is 0. The van der Waals surface area contributed by atoms with Crippen LogP contribution in [0.2, 0.25) is 0 Å². The Morgan fingerprint density at radius 3 is 2.35 bits per heavy atom. The smallest absolute Gasteiger partial charge is 0.273 e. The maximum Gasteiger partial charge on any atom is 0.273 e. The first-order valence-electron chi connectivity index (χ1n) is 7.30. The summed E-state index contributed by atoms with van der Waals surface area (Å²) in [6.07, 6.45) is 0.930. The standard InChI is InChI=1S/C18H21N3O2/c1-21(2)16-11-9-14(10-12-16)13-19-20-18(22)17(23-3)15-7-5-4-6-8-15/h4-13,17H,1-3H3,(H,20,22)/b19-13-/t17-/m0/s1. The molecule has 5 nitrogen and oxygen atoms in total. The van der Waals surface area contributed by atoms with Crippen LogP contribution in [-0.2, 0) is 9.53 Å². The molecule has 1 atom stereocenters. The Morgan fingerprint density at radius 1 is 1.13 bits per heavy atom. The largest absolute Gasteiger partial charge is 0.378 e. The van der Waals surface area contributed by atoms with E-state index in [2.05, 4.69) is 10.5 Å². The van der Waals surface area contributed by atoms with E-state index in [0.717, 1.165) is 16.8 Å². The van der Waals surface area contributed by atoms with Crippen molar-refractivity contribution in [2.75, 3.05) is 26.1 Å². The number of anilines is 1. The van der Waals surface area contributed by atoms with Crippen LogP contribution in [-0.4, -0.2) is 33.3 Å². The monoisotopic (exact) mass is 311 g/mol. The number of nitrogens with zero attached hydrogens (tertiary/aromatic N) is 2. The Kier molecular flexibility index (Phi) is 5.88. The molecule has 2 rings (SSSR count). The van der Waals surface area contributed by atoms with Crippen LogP contribution in [0, 0.1) is 0 Å². The summed E-state index contributed by atoms with van der Waals surface area (Å²) < 4.78 is 5.25. The van der Waals surface area contributed by atoms with Crippen molar-refractivity contribution in [2.24, 2.45) is 5.10 Å². The van der Waals surface area contributed by atoms with Crippen molar-refractivity contribution in [3.05, 3.63) is 65.7 Å². The third kappa shape index (κ3) is 4.66. The number of hydrazone groups is 1. The van der Waals surface area contributed by atoms with Gasteiger partial charge in [0, 0.05) is 26.9 Å². The van der Waals surface area contributed by atoms with E-state index >= 15 is 0 Å². The average Bonchev–Trinajstić information content (AvgIpc) is 2.57. The molecule has 5 heteroatoms. The highest BCUT2D eigenvalue weighted by Crippen LogP contribution is 2.16. The molecule has 120 valence electrons. The van der Waals surface area contributed by atoms with Gasteiger partial charge in [0.05, 0.1) is 6.21 Å². The normalized spacial score (nSPS) is 12.1. The molecule has 0 aromatic heterocycles. The van der Waals surface area contributed by atoms with Crippen molar-refractivity contribution in [3.8, 4) is 0 Å². The maximum atomic E-state index is 12.2. The number of hydrogen-bond acceptors (Lipinski definition) is 4. The molecule has 0 saturated heterocycles. The van der Waals surface area contributed by atoms with E-state index in [0.29, 0.717) is 0 Å². The van der Waals surface area contributed by atoms with Crippen LogP contribution in [0.1, 0.15) is 17.2 Å². The zero-order valence-corrected chi connectivity index (χ0v) is 13.6. The lowest BCUT2D eigenvalue weighted by molar-refractivity contribution is -0.131. The molecule has 2 aromatic rings. The highest BCUT2D eigenvalue weighted by molar-refractivity contribution is 5.85. The van der Waals surface area contributed by atoms with Gasteiger partial charge >= 0.3 is 0 Å². The van der Waals surface area contributed by atoms with Crippen molar-refractivity contribution in [1.29, 1.82) is 0 Å². The van der Waals surface area contributed by atoms with Crippen molar-refractivity contribution in [3.63, 3.8) is 0 Å². The number of hydrogen-bond donors (Lipinski definition) is 1. The molecule has 0 heterocycles. The lowest BCUT2D eigenvalue weighted by atomic mass is 10.1. The molecule has 23 heavy (non-hydrogen) atoms. The van der Waals surface area contributed by atoms with Gasteiger partial charge in [-0.1, -0.05) is 42.5 Å². The first kappa shape index (κ1) is 16.7. The molecule has 2 aromatic carbocycles. The quantitative estimate of drug-likeness (QED) is 0.659. The number of nitrogens with one attached hydrogen (secondary N) is 1. The van der Waals surface area contributed by atoms with Gasteiger partial charge < -0.3 is 9.64 Å². The first-order valence-corrected chi connectivity index (χ1v) is 7.30. The maximum absolute atomic E-state index is 12.2. The summed E-state index contributed by atoms with van der Waals surface area (Å²) in [7, 11) is 5.47. The summed E-state index contributed by atoms with van der Waals surface area (Å²) >= 11 is 0. The fourth-order valence-corrected chi connectivity index (χ4v) is 2.11. The number of ether oxygens (including phenoxy) is 1. The Bertz CT molecular complexity index is 652. The third-order valence-electron chi connectivity index (χ3n) is 3.37. The van der Waals surface area contributed by atoms with Crippen LogP contribution in [0.25, 0.3) is 0 Å². The fraction of sp³-hybridized carbons (Fsp3) is 0.222. The summed E-state index contributed by atoms with van der Waals surface area (Å²) in [5.74, 6) is -0.306. The van der Waals surface area contributed by atoms with Gasteiger partial charge in [-0.15, -0.1) is 0 Å². The topological polar surface area (TPSA) is 53.9 Å². The minimum absolute atomic E-state index is 0.306. The average molecular weight is 311 g/mol. The van der Waals surface area contributed by atoms with E-state index in [1.54, 1.807) is 6.21 Å². The fourth-order valence-electron chi connectivity index (χ4n) is 2.11. The van der Waals surface area contributed by atoms with Gasteiger partial charge in [0.1, 0.15) is 0 Å². The van der Waals surface area contributed by atoms with Gasteiger partial charge in [-0.2, -0.15) is 5.10 Å². The number of amides is 1. The van der Waals surface area contributed by atoms with E-state index in [-0.39, 0.29) is 5.91 Å². The van der Waals surface area contributed by atoms with Gasteiger partial charge in [-0.3, -0.25) is 4.79 Å². The minimum atomic E-state index is -0.676. The summed E-state index contributed by atoms with van der Waals surface area (Å²) in [4.78, 5) is 14.2. The zero-order chi connectivity index (χ0) is 16.7. The van der Waals surface area contributed by atoms with E-state index in [1.807, 2.05) is 73.6 Å². The van der Waals surface area contributed by atoms with E-state index < -0.39 is 6.10 Å². The molecular weight excluding hydrogens is 290 g/mol. The lowest BCUT2D eigenvalue weighted by Crippen LogP contribution is -2.26. The molecule has 0 bridgehead atoms. The van der Waals surface area contributed by atoms with Crippen molar-refractivity contribution < 1.29 is 9.53 Å². The van der Waals surface area contributed by atoms with Crippen LogP contribution >= 0.6 is 0 Å². The molecule has 1 N–H and O–H groups in total. The van der Waals surface area contributed by atoms with Gasteiger partial charge in [0.15, 0.2) is 6.10 Å². The molecule has 0 aliphatic rings. The van der Waals surface area contributed by atoms with Crippen LogP contribution < -0.4 is 10.3 Å². The third-order valence-corrected chi connectivity index (χ3v) is 3.37. The van der Waals surface area contributed by atoms with E-state index in [1.165, 1.54) is 7.11 Å². The second kappa shape index (κ2) is 8.10. The van der Waals surface area contributed by atoms with E-state index in [9.17, 15) is 4.79 Å². The van der Waals surface area contributed by atoms with Gasteiger partial charge in [0.25, 0.3) is 5.91 Å². The molecular formula is C18H21N3O2. The van der Waals surface area contributed by atoms with Crippen molar-refractivity contribution in [2.45, 2.75) is 6.10 Å². The van der Waals surface area contributed by atoms with Crippen LogP contribution in [0.4, 0.5) is 5.69 Å². The SMILES string of the molecule is CO[C@H](C(=O)N/N=C\c1ccc(N(C)C)cc1)c1ccccc1. The second-order valence-corrected chi connectivity index (χ2v) is 5.25. The number of benzene rings is 2. The predicted octanol–water partition coefficient (Wildman–Crippen LogP) is 2.59. The van der Waals surface area contributed by atoms with Crippen LogP contribution in [0.15, 0.2) is 59.7 Å². The second-order valence-electron chi connectivity index (χ2n) is 5.25. The van der Waals surface area contributed by atoms with Gasteiger partial charge in [0.2, 0.25) is 0 Å². The number of carbonyl (C=O) groups is 1. The number of rotatable bonds is 6. The Hall–Kier alpha value is -2.66. The van der Waals surface area contributed by atoms with Crippen LogP contribution in [0.5, 0.6) is 0 Å². The predicted molar refractivity (Wildman–Crippen MR) is 92.7 cm³/mol. The number of methoxy groups -OCH3 is 1. The Morgan fingerprint density at radius 2 is 1.78 bits per heavy atom. The highest BCUT2D eigenvalue weighted by atomic mass is 16.5. The van der Waals surface area contributed by atoms with Crippen LogP contribution in [0.3, 0.4) is 0 Å². The Labute approximate surface area is 136 Å². The minimum Gasteiger partial charge on any atom is -0.378 e. The molecule has 0 saturated carbocycles. The molecule has 0 radical (unpaired) electrons. The highest BCUT2D eigenvalue weighted by Gasteiger charge is 2.18. The molecule has 0 aliphatic carbocycles. The summed E-state index contributed by atoms with van der Waals surface area (Å²) in [5.41, 5.74) is 5.32. The van der Waals surface area contributed by atoms with Crippen molar-refractivity contribution >= 4 is 17.8 Å². The molecule has 0 spiro atoms. The van der Waals surface area contributed by atoms with E-state index in [4.69, 9.17) is 4.74 Å². The molecule has 0 fully saturated rings. The molecule has 0 unspecified atom stereocenters. The molecule has 1 amide bonds. The zero-order valence-electron chi connectivity index (χ0n) is 13.6. The molecule has 0 aliphatic heterocycles. The summed E-state index contributed by atoms with van der Waals surface area (Å²) in [6, 6.07) is 17.2. The van der Waals surface area contributed by atoms with Crippen molar-refractivity contribution in [1.82, 2.24) is 5.43 Å². The first-order chi connectivity index (χ1) is 11.1. The Balaban J connectivity index is 1.97. The number of carbonyl (C=O) groups excluding carboxylic acids is 1. The lowest BCUT2D eigenvalue weighted by Gasteiger charge is -2.13. The van der Waals surface area contributed by atoms with Gasteiger partial charge in [-0.05, 0) is 23.3 Å². The summed E-state index contributed by atoms with van der Waals surface area (Å²) in [5, 5.41) is 3.99. The van der Waals surface area contributed by atoms with Gasteiger partial charge in [-0.25, -0.2) is 5.43 Å².